The third-order valence-corrected chi connectivity index (χ3v) is 8.29. The van der Waals surface area contributed by atoms with Crippen molar-refractivity contribution in [3.05, 3.63) is 161 Å². The molecule has 2 aliphatic rings. The van der Waals surface area contributed by atoms with Crippen molar-refractivity contribution in [2.75, 3.05) is 4.90 Å². The van der Waals surface area contributed by atoms with Crippen molar-refractivity contribution in [1.29, 1.82) is 5.26 Å². The number of fused-ring (bicyclic) bond motifs is 10. The molecule has 2 heteroatoms. The molecule has 0 bridgehead atoms. The van der Waals surface area contributed by atoms with E-state index in [1.54, 1.807) is 0 Å². The molecule has 0 aromatic heterocycles. The monoisotopic (exact) mass is 482 g/mol. The molecule has 38 heavy (non-hydrogen) atoms. The summed E-state index contributed by atoms with van der Waals surface area (Å²) in [6.07, 6.45) is 0. The van der Waals surface area contributed by atoms with Gasteiger partial charge in [-0.05, 0) is 63.0 Å². The summed E-state index contributed by atoms with van der Waals surface area (Å²) in [7, 11) is 0. The Morgan fingerprint density at radius 3 is 1.53 bits per heavy atom. The first-order chi connectivity index (χ1) is 18.8. The number of hydrogen-bond acceptors (Lipinski definition) is 2. The molecule has 0 radical (unpaired) electrons. The van der Waals surface area contributed by atoms with Crippen LogP contribution in [0.5, 0.6) is 0 Å². The van der Waals surface area contributed by atoms with Crippen molar-refractivity contribution < 1.29 is 0 Å². The van der Waals surface area contributed by atoms with Crippen molar-refractivity contribution in [2.45, 2.75) is 5.41 Å². The molecule has 2 nitrogen and oxygen atoms in total. The van der Waals surface area contributed by atoms with Gasteiger partial charge in [-0.2, -0.15) is 5.26 Å². The smallest absolute Gasteiger partial charge is 0.0998 e. The van der Waals surface area contributed by atoms with Gasteiger partial charge in [0.25, 0.3) is 0 Å². The second kappa shape index (κ2) is 7.68. The van der Waals surface area contributed by atoms with Crippen LogP contribution in [0.1, 0.15) is 27.8 Å². The Hall–Kier alpha value is -5.13. The molecular formula is C36H22N2. The second-order valence-electron chi connectivity index (χ2n) is 10.0. The predicted molar refractivity (Wildman–Crippen MR) is 154 cm³/mol. The minimum absolute atomic E-state index is 0.431. The van der Waals surface area contributed by atoms with E-state index < -0.39 is 5.41 Å². The summed E-state index contributed by atoms with van der Waals surface area (Å²) in [4.78, 5) is 2.36. The summed E-state index contributed by atoms with van der Waals surface area (Å²) in [6.45, 7) is 0. The molecule has 6 aromatic rings. The van der Waals surface area contributed by atoms with Gasteiger partial charge in [0.05, 0.1) is 34.1 Å². The Labute approximate surface area is 221 Å². The van der Waals surface area contributed by atoms with Crippen LogP contribution in [0.15, 0.2) is 133 Å². The van der Waals surface area contributed by atoms with Gasteiger partial charge in [-0.15, -0.1) is 0 Å². The van der Waals surface area contributed by atoms with Crippen molar-refractivity contribution >= 4 is 27.8 Å². The summed E-state index contributed by atoms with van der Waals surface area (Å²) < 4.78 is 0. The normalized spacial score (nSPS) is 13.9. The maximum Gasteiger partial charge on any atom is 0.0998 e. The Balaban J connectivity index is 1.54. The SMILES string of the molecule is N#Cc1cccc2cccc(N3c4ccccc4C4(c5ccccc5-c5ccccc54)c4ccccc43)c12. The quantitative estimate of drug-likeness (QED) is 0.234. The molecule has 0 atom stereocenters. The number of para-hydroxylation sites is 2. The van der Waals surface area contributed by atoms with Gasteiger partial charge in [-0.25, -0.2) is 0 Å². The van der Waals surface area contributed by atoms with Gasteiger partial charge in [0, 0.05) is 5.39 Å². The summed E-state index contributed by atoms with van der Waals surface area (Å²) in [5, 5.41) is 12.1. The van der Waals surface area contributed by atoms with Gasteiger partial charge < -0.3 is 4.90 Å². The van der Waals surface area contributed by atoms with E-state index in [0.29, 0.717) is 5.56 Å². The number of rotatable bonds is 1. The lowest BCUT2D eigenvalue weighted by atomic mass is 9.64. The highest BCUT2D eigenvalue weighted by Gasteiger charge is 2.51. The first-order valence-electron chi connectivity index (χ1n) is 12.9. The summed E-state index contributed by atoms with van der Waals surface area (Å²) in [5.74, 6) is 0. The summed E-state index contributed by atoms with van der Waals surface area (Å²) in [6, 6.07) is 50.0. The van der Waals surface area contributed by atoms with Crippen LogP contribution >= 0.6 is 0 Å². The lowest BCUT2D eigenvalue weighted by molar-refractivity contribution is 0.753. The molecule has 6 aromatic carbocycles. The largest absolute Gasteiger partial charge is 0.309 e. The zero-order valence-corrected chi connectivity index (χ0v) is 20.6. The van der Waals surface area contributed by atoms with Gasteiger partial charge in [0.15, 0.2) is 0 Å². The predicted octanol–water partition coefficient (Wildman–Crippen LogP) is 8.86. The third kappa shape index (κ3) is 2.50. The highest BCUT2D eigenvalue weighted by Crippen LogP contribution is 2.63. The molecule has 1 spiro atoms. The molecule has 0 unspecified atom stereocenters. The molecule has 0 fully saturated rings. The van der Waals surface area contributed by atoms with Crippen LogP contribution in [0.3, 0.4) is 0 Å². The molecular weight excluding hydrogens is 460 g/mol. The van der Waals surface area contributed by atoms with Gasteiger partial charge in [-0.3, -0.25) is 0 Å². The fourth-order valence-electron chi connectivity index (χ4n) is 6.92. The van der Waals surface area contributed by atoms with Crippen LogP contribution in [0.2, 0.25) is 0 Å². The molecule has 0 saturated carbocycles. The van der Waals surface area contributed by atoms with E-state index in [9.17, 15) is 5.26 Å². The molecule has 0 N–H and O–H groups in total. The van der Waals surface area contributed by atoms with Crippen LogP contribution < -0.4 is 4.90 Å². The van der Waals surface area contributed by atoms with E-state index in [-0.39, 0.29) is 0 Å². The highest BCUT2D eigenvalue weighted by molar-refractivity contribution is 6.05. The zero-order valence-electron chi connectivity index (χ0n) is 20.6. The number of anilines is 3. The van der Waals surface area contributed by atoms with Crippen molar-refractivity contribution in [1.82, 2.24) is 0 Å². The number of hydrogen-bond donors (Lipinski definition) is 0. The van der Waals surface area contributed by atoms with E-state index >= 15 is 0 Å². The highest BCUT2D eigenvalue weighted by atomic mass is 15.2. The number of nitrogens with zero attached hydrogens (tertiary/aromatic N) is 2. The van der Waals surface area contributed by atoms with E-state index in [1.807, 2.05) is 12.1 Å². The Morgan fingerprint density at radius 2 is 0.947 bits per heavy atom. The van der Waals surface area contributed by atoms with Gasteiger partial charge in [-0.1, -0.05) is 109 Å². The lowest BCUT2D eigenvalue weighted by Gasteiger charge is -2.45. The molecule has 1 aliphatic carbocycles. The van der Waals surface area contributed by atoms with Gasteiger partial charge in [0.1, 0.15) is 0 Å². The van der Waals surface area contributed by atoms with E-state index in [2.05, 4.69) is 132 Å². The van der Waals surface area contributed by atoms with Crippen LogP contribution in [0, 0.1) is 11.3 Å². The maximum atomic E-state index is 10.1. The van der Waals surface area contributed by atoms with E-state index in [1.165, 1.54) is 33.4 Å². The molecule has 0 saturated heterocycles. The maximum absolute atomic E-state index is 10.1. The first-order valence-corrected chi connectivity index (χ1v) is 12.9. The molecule has 1 heterocycles. The standard InChI is InChI=1S/C36H22N2/c37-23-25-13-9-11-24-12-10-22-34(35(24)25)38-32-20-7-5-18-30(32)36(31-19-6-8-21-33(31)38)28-16-3-1-14-26(28)27-15-2-4-17-29(27)36/h1-22H. The minimum Gasteiger partial charge on any atom is -0.309 e. The molecule has 176 valence electrons. The van der Waals surface area contributed by atoms with Crippen LogP contribution in [-0.2, 0) is 5.41 Å². The summed E-state index contributed by atoms with van der Waals surface area (Å²) >= 11 is 0. The second-order valence-corrected chi connectivity index (χ2v) is 10.0. The van der Waals surface area contributed by atoms with Crippen LogP contribution in [-0.4, -0.2) is 0 Å². The molecule has 1 aliphatic heterocycles. The van der Waals surface area contributed by atoms with Crippen LogP contribution in [0.4, 0.5) is 17.1 Å². The van der Waals surface area contributed by atoms with Crippen molar-refractivity contribution in [3.63, 3.8) is 0 Å². The lowest BCUT2D eigenvalue weighted by Crippen LogP contribution is -2.36. The van der Waals surface area contributed by atoms with Gasteiger partial charge >= 0.3 is 0 Å². The number of nitriles is 1. The fraction of sp³-hybridized carbons (Fsp3) is 0.0278. The summed E-state index contributed by atoms with van der Waals surface area (Å²) in [5.41, 5.74) is 11.3. The average Bonchev–Trinajstić information content (AvgIpc) is 3.28. The number of benzene rings is 6. The van der Waals surface area contributed by atoms with E-state index in [0.717, 1.165) is 27.8 Å². The molecule has 0 amide bonds. The first kappa shape index (κ1) is 21.0. The third-order valence-electron chi connectivity index (χ3n) is 8.29. The van der Waals surface area contributed by atoms with Gasteiger partial charge in [0.2, 0.25) is 0 Å². The minimum atomic E-state index is -0.431. The topological polar surface area (TPSA) is 27.0 Å². The Morgan fingerprint density at radius 1 is 0.474 bits per heavy atom. The van der Waals surface area contributed by atoms with E-state index in [4.69, 9.17) is 0 Å². The van der Waals surface area contributed by atoms with Crippen molar-refractivity contribution in [2.24, 2.45) is 0 Å². The fourth-order valence-corrected chi connectivity index (χ4v) is 6.92. The zero-order chi connectivity index (χ0) is 25.3. The molecule has 8 rings (SSSR count). The van der Waals surface area contributed by atoms with Crippen molar-refractivity contribution in [3.8, 4) is 17.2 Å². The average molecular weight is 483 g/mol. The van der Waals surface area contributed by atoms with Crippen LogP contribution in [0.25, 0.3) is 21.9 Å². The Kier molecular flexibility index (Phi) is 4.25. The Bertz CT molecular complexity index is 1860.